The van der Waals surface area contributed by atoms with Crippen molar-refractivity contribution in [1.82, 2.24) is 0 Å². The molecule has 0 aromatic rings. The van der Waals surface area contributed by atoms with Crippen molar-refractivity contribution < 1.29 is 13.2 Å². The van der Waals surface area contributed by atoms with Gasteiger partial charge in [0.2, 0.25) is 0 Å². The van der Waals surface area contributed by atoms with Crippen LogP contribution >= 0.6 is 0 Å². The predicted molar refractivity (Wildman–Crippen MR) is 76.2 cm³/mol. The van der Waals surface area contributed by atoms with Crippen molar-refractivity contribution in [1.29, 1.82) is 0 Å². The van der Waals surface area contributed by atoms with Crippen LogP contribution in [0, 0.1) is 0 Å². The molecule has 0 aromatic carbocycles. The minimum absolute atomic E-state index is 0.253. The Kier molecular flexibility index (Phi) is 9.88. The molecule has 2 atom stereocenters. The van der Waals surface area contributed by atoms with E-state index in [1.54, 1.807) is 0 Å². The average molecular weight is 282 g/mol. The lowest BCUT2D eigenvalue weighted by atomic mass is 10.1. The number of hydrogen-bond acceptors (Lipinski definition) is 0. The van der Waals surface area contributed by atoms with Crippen LogP contribution < -0.4 is 0 Å². The molecule has 4 heteroatoms. The molecular weight excluding hydrogens is 253 g/mol. The van der Waals surface area contributed by atoms with Gasteiger partial charge in [-0.2, -0.15) is 0 Å². The number of alkyl halides is 3. The van der Waals surface area contributed by atoms with E-state index in [2.05, 4.69) is 20.8 Å². The summed E-state index contributed by atoms with van der Waals surface area (Å²) < 4.78 is 39.5. The molecule has 0 amide bonds. The van der Waals surface area contributed by atoms with Gasteiger partial charge in [0, 0.05) is 0 Å². The lowest BCUT2D eigenvalue weighted by Gasteiger charge is -2.30. The summed E-state index contributed by atoms with van der Waals surface area (Å²) in [5.41, 5.74) is 0. The quantitative estimate of drug-likeness (QED) is 0.337. The minimum Gasteiger partial charge on any atom is -0.251 e. The highest BCUT2D eigenvalue weighted by atomic mass is 28.3. The van der Waals surface area contributed by atoms with Crippen LogP contribution in [0.5, 0.6) is 0 Å². The monoisotopic (exact) mass is 282 g/mol. The fourth-order valence-corrected chi connectivity index (χ4v) is 5.97. The zero-order valence-electron chi connectivity index (χ0n) is 12.2. The van der Waals surface area contributed by atoms with E-state index in [-0.39, 0.29) is 13.1 Å². The molecule has 2 unspecified atom stereocenters. The van der Waals surface area contributed by atoms with Crippen LogP contribution in [-0.4, -0.2) is 27.1 Å². The zero-order valence-corrected chi connectivity index (χ0v) is 13.2. The fourth-order valence-electron chi connectivity index (χ4n) is 2.52. The highest BCUT2D eigenvalue weighted by molar-refractivity contribution is 6.79. The molecule has 0 rings (SSSR count). The lowest BCUT2D eigenvalue weighted by molar-refractivity contribution is 0.167. The number of unbranched alkanes of at least 4 members (excludes halogenated alkanes) is 2. The van der Waals surface area contributed by atoms with Gasteiger partial charge in [0.15, 0.2) is 0 Å². The van der Waals surface area contributed by atoms with Gasteiger partial charge in [-0.25, -0.2) is 8.78 Å². The molecule has 0 heterocycles. The van der Waals surface area contributed by atoms with Gasteiger partial charge in [0.25, 0.3) is 0 Å². The molecule has 0 bridgehead atoms. The van der Waals surface area contributed by atoms with Gasteiger partial charge in [-0.1, -0.05) is 51.7 Å². The van der Waals surface area contributed by atoms with E-state index in [9.17, 15) is 13.2 Å². The Labute approximate surface area is 111 Å². The van der Waals surface area contributed by atoms with Crippen LogP contribution in [0.2, 0.25) is 24.2 Å². The summed E-state index contributed by atoms with van der Waals surface area (Å²) in [5.74, 6) is 0. The Balaban J connectivity index is 4.08. The molecule has 0 saturated heterocycles. The van der Waals surface area contributed by atoms with Crippen molar-refractivity contribution in [2.45, 2.75) is 83.0 Å². The van der Waals surface area contributed by atoms with Gasteiger partial charge in [-0.05, 0) is 18.9 Å². The maximum Gasteiger partial charge on any atom is 0.131 e. The first-order valence-electron chi connectivity index (χ1n) is 7.39. The molecule has 0 radical (unpaired) electrons. The third kappa shape index (κ3) is 6.25. The van der Waals surface area contributed by atoms with Crippen molar-refractivity contribution in [2.24, 2.45) is 0 Å². The smallest absolute Gasteiger partial charge is 0.131 e. The van der Waals surface area contributed by atoms with Crippen molar-refractivity contribution in [3.8, 4) is 0 Å². The highest BCUT2D eigenvalue weighted by Crippen LogP contribution is 2.30. The molecule has 0 nitrogen and oxygen atoms in total. The molecule has 0 aliphatic carbocycles. The third-order valence-corrected chi connectivity index (χ3v) is 10.1. The zero-order chi connectivity index (χ0) is 14.0. The Morgan fingerprint density at radius 2 is 1.39 bits per heavy atom. The lowest BCUT2D eigenvalue weighted by Crippen LogP contribution is -2.37. The number of hydrogen-bond donors (Lipinski definition) is 0. The SMILES string of the molecule is CC[Si](CC)(CC)CC(F)C(F)CCCCCF. The predicted octanol–water partition coefficient (Wildman–Crippen LogP) is 5.70. The van der Waals surface area contributed by atoms with E-state index in [1.807, 2.05) is 0 Å². The number of halogens is 3. The van der Waals surface area contributed by atoms with E-state index in [0.29, 0.717) is 25.3 Å². The summed E-state index contributed by atoms with van der Waals surface area (Å²) in [4.78, 5) is 0. The molecule has 0 N–H and O–H groups in total. The van der Waals surface area contributed by atoms with Crippen molar-refractivity contribution in [2.75, 3.05) is 6.67 Å². The van der Waals surface area contributed by atoms with Crippen LogP contribution in [0.15, 0.2) is 0 Å². The first-order chi connectivity index (χ1) is 8.55. The van der Waals surface area contributed by atoms with E-state index in [0.717, 1.165) is 18.1 Å². The molecule has 0 spiro atoms. The minimum atomic E-state index is -1.57. The average Bonchev–Trinajstić information content (AvgIpc) is 2.40. The van der Waals surface area contributed by atoms with E-state index in [1.165, 1.54) is 0 Å². The van der Waals surface area contributed by atoms with Crippen LogP contribution in [0.3, 0.4) is 0 Å². The molecule has 0 aromatic heterocycles. The van der Waals surface area contributed by atoms with Crippen molar-refractivity contribution in [3.05, 3.63) is 0 Å². The second-order valence-electron chi connectivity index (χ2n) is 5.34. The van der Waals surface area contributed by atoms with Gasteiger partial charge in [-0.3, -0.25) is 4.39 Å². The van der Waals surface area contributed by atoms with Crippen LogP contribution in [0.4, 0.5) is 13.2 Å². The molecule has 0 aliphatic heterocycles. The second kappa shape index (κ2) is 9.87. The van der Waals surface area contributed by atoms with Gasteiger partial charge in [0.05, 0.1) is 14.7 Å². The van der Waals surface area contributed by atoms with E-state index < -0.39 is 20.4 Å². The third-order valence-electron chi connectivity index (χ3n) is 4.38. The van der Waals surface area contributed by atoms with Gasteiger partial charge in [0.1, 0.15) is 12.3 Å². The van der Waals surface area contributed by atoms with Crippen LogP contribution in [0.25, 0.3) is 0 Å². The second-order valence-corrected chi connectivity index (χ2v) is 10.9. The molecule has 18 heavy (non-hydrogen) atoms. The van der Waals surface area contributed by atoms with E-state index >= 15 is 0 Å². The summed E-state index contributed by atoms with van der Waals surface area (Å²) in [5, 5.41) is 0. The normalized spacial score (nSPS) is 15.7. The largest absolute Gasteiger partial charge is 0.251 e. The maximum absolute atomic E-state index is 13.9. The summed E-state index contributed by atoms with van der Waals surface area (Å²) in [6.45, 7) is 5.98. The first-order valence-corrected chi connectivity index (χ1v) is 10.2. The highest BCUT2D eigenvalue weighted by Gasteiger charge is 2.33. The van der Waals surface area contributed by atoms with Crippen LogP contribution in [0.1, 0.15) is 46.5 Å². The van der Waals surface area contributed by atoms with Gasteiger partial charge >= 0.3 is 0 Å². The summed E-state index contributed by atoms with van der Waals surface area (Å²) in [7, 11) is -1.57. The van der Waals surface area contributed by atoms with Crippen molar-refractivity contribution >= 4 is 8.07 Å². The Bertz CT molecular complexity index is 187. The molecular formula is C14H29F3Si. The van der Waals surface area contributed by atoms with E-state index in [4.69, 9.17) is 0 Å². The Morgan fingerprint density at radius 1 is 0.833 bits per heavy atom. The molecule has 0 fully saturated rings. The van der Waals surface area contributed by atoms with Gasteiger partial charge < -0.3 is 0 Å². The Hall–Kier alpha value is 0.00688. The molecule has 0 saturated carbocycles. The molecule has 0 aliphatic rings. The summed E-state index contributed by atoms with van der Waals surface area (Å²) >= 11 is 0. The van der Waals surface area contributed by atoms with Gasteiger partial charge in [-0.15, -0.1) is 0 Å². The summed E-state index contributed by atoms with van der Waals surface area (Å²) in [6, 6.07) is 3.57. The topological polar surface area (TPSA) is 0 Å². The standard InChI is InChI=1S/C14H29F3Si/c1-4-18(5-2,6-3)12-14(17)13(16)10-8-7-9-11-15/h13-14H,4-12H2,1-3H3. The summed E-state index contributed by atoms with van der Waals surface area (Å²) in [6.07, 6.45) is -0.654. The fraction of sp³-hybridized carbons (Fsp3) is 1.00. The first kappa shape index (κ1) is 18.0. The van der Waals surface area contributed by atoms with Crippen molar-refractivity contribution in [3.63, 3.8) is 0 Å². The Morgan fingerprint density at radius 3 is 1.83 bits per heavy atom. The number of rotatable bonds is 11. The molecule has 110 valence electrons. The maximum atomic E-state index is 13.9. The van der Waals surface area contributed by atoms with Crippen LogP contribution in [-0.2, 0) is 0 Å².